The van der Waals surface area contributed by atoms with Crippen LogP contribution in [-0.2, 0) is 0 Å². The molecule has 0 radical (unpaired) electrons. The average molecular weight is 271 g/mol. The first-order valence-corrected chi connectivity index (χ1v) is 5.97. The van der Waals surface area contributed by atoms with Crippen LogP contribution >= 0.6 is 27.3 Å². The Morgan fingerprint density at radius 2 is 2.07 bits per heavy atom. The Balaban J connectivity index is 2.62. The number of hydrogen-bond acceptors (Lipinski definition) is 3. The zero-order valence-electron chi connectivity index (χ0n) is 7.53. The number of halogens is 1. The van der Waals surface area contributed by atoms with Crippen LogP contribution < -0.4 is 11.5 Å². The number of benzene rings is 1. The SMILES string of the molecule is NC[C@H](N)c1sc2ccccc2c1Br. The number of thiophene rings is 1. The second kappa shape index (κ2) is 3.98. The van der Waals surface area contributed by atoms with Gasteiger partial charge in [-0.1, -0.05) is 18.2 Å². The molecule has 0 saturated heterocycles. The lowest BCUT2D eigenvalue weighted by atomic mass is 10.2. The molecule has 1 atom stereocenters. The van der Waals surface area contributed by atoms with Crippen molar-refractivity contribution in [2.24, 2.45) is 11.5 Å². The minimum atomic E-state index is -0.0678. The topological polar surface area (TPSA) is 52.0 Å². The molecule has 1 aromatic carbocycles. The molecule has 2 nitrogen and oxygen atoms in total. The van der Waals surface area contributed by atoms with Gasteiger partial charge in [-0.2, -0.15) is 0 Å². The summed E-state index contributed by atoms with van der Waals surface area (Å²) in [6.45, 7) is 0.478. The average Bonchev–Trinajstić information content (AvgIpc) is 2.56. The molecule has 2 aromatic rings. The molecule has 74 valence electrons. The summed E-state index contributed by atoms with van der Waals surface area (Å²) in [4.78, 5) is 1.13. The van der Waals surface area contributed by atoms with Crippen molar-refractivity contribution in [2.75, 3.05) is 6.54 Å². The lowest BCUT2D eigenvalue weighted by molar-refractivity contribution is 0.749. The molecule has 2 rings (SSSR count). The van der Waals surface area contributed by atoms with Crippen LogP contribution in [0.3, 0.4) is 0 Å². The van der Waals surface area contributed by atoms with Crippen LogP contribution in [-0.4, -0.2) is 6.54 Å². The molecular weight excluding hydrogens is 260 g/mol. The maximum Gasteiger partial charge on any atom is 0.0526 e. The monoisotopic (exact) mass is 270 g/mol. The molecule has 14 heavy (non-hydrogen) atoms. The largest absolute Gasteiger partial charge is 0.329 e. The number of hydrogen-bond donors (Lipinski definition) is 2. The maximum absolute atomic E-state index is 5.91. The summed E-state index contributed by atoms with van der Waals surface area (Å²) >= 11 is 5.27. The van der Waals surface area contributed by atoms with Crippen molar-refractivity contribution in [2.45, 2.75) is 6.04 Å². The molecule has 0 amide bonds. The Morgan fingerprint density at radius 1 is 1.36 bits per heavy atom. The van der Waals surface area contributed by atoms with E-state index in [0.29, 0.717) is 6.54 Å². The van der Waals surface area contributed by atoms with Crippen molar-refractivity contribution < 1.29 is 0 Å². The minimum Gasteiger partial charge on any atom is -0.329 e. The first-order valence-electron chi connectivity index (χ1n) is 4.36. The third-order valence-corrected chi connectivity index (χ3v) is 4.57. The molecule has 0 aliphatic rings. The van der Waals surface area contributed by atoms with Gasteiger partial charge < -0.3 is 11.5 Å². The van der Waals surface area contributed by atoms with Gasteiger partial charge in [-0.05, 0) is 22.0 Å². The molecule has 0 spiro atoms. The Labute approximate surface area is 95.0 Å². The van der Waals surface area contributed by atoms with E-state index in [2.05, 4.69) is 28.1 Å². The summed E-state index contributed by atoms with van der Waals surface area (Å²) in [5, 5.41) is 1.22. The van der Waals surface area contributed by atoms with Crippen molar-refractivity contribution in [3.05, 3.63) is 33.6 Å². The zero-order valence-corrected chi connectivity index (χ0v) is 9.94. The van der Waals surface area contributed by atoms with Gasteiger partial charge >= 0.3 is 0 Å². The summed E-state index contributed by atoms with van der Waals surface area (Å²) in [5.41, 5.74) is 11.5. The van der Waals surface area contributed by atoms with E-state index in [0.717, 1.165) is 9.35 Å². The first kappa shape index (κ1) is 10.1. The lowest BCUT2D eigenvalue weighted by Gasteiger charge is -2.05. The Hall–Kier alpha value is -0.420. The van der Waals surface area contributed by atoms with E-state index in [9.17, 15) is 0 Å². The fraction of sp³-hybridized carbons (Fsp3) is 0.200. The highest BCUT2D eigenvalue weighted by Crippen LogP contribution is 2.37. The van der Waals surface area contributed by atoms with Gasteiger partial charge in [-0.15, -0.1) is 11.3 Å². The quantitative estimate of drug-likeness (QED) is 0.882. The smallest absolute Gasteiger partial charge is 0.0526 e. The third-order valence-electron chi connectivity index (χ3n) is 2.15. The predicted molar refractivity (Wildman–Crippen MR) is 65.5 cm³/mol. The van der Waals surface area contributed by atoms with Gasteiger partial charge in [0.05, 0.1) is 6.04 Å². The standard InChI is InChI=1S/C10H11BrN2S/c11-9-6-3-1-2-4-8(6)14-10(9)7(13)5-12/h1-4,7H,5,12-13H2/t7-/m0/s1. The van der Waals surface area contributed by atoms with Crippen molar-refractivity contribution >= 4 is 37.4 Å². The fourth-order valence-corrected chi connectivity index (χ4v) is 3.50. The van der Waals surface area contributed by atoms with Crippen molar-refractivity contribution in [1.82, 2.24) is 0 Å². The van der Waals surface area contributed by atoms with E-state index in [4.69, 9.17) is 11.5 Å². The van der Waals surface area contributed by atoms with E-state index in [1.165, 1.54) is 10.1 Å². The van der Waals surface area contributed by atoms with Crippen LogP contribution in [0, 0.1) is 0 Å². The normalized spacial score (nSPS) is 13.4. The minimum absolute atomic E-state index is 0.0678. The lowest BCUT2D eigenvalue weighted by Crippen LogP contribution is -2.19. The highest BCUT2D eigenvalue weighted by atomic mass is 79.9. The molecular formula is C10H11BrN2S. The molecule has 0 unspecified atom stereocenters. The molecule has 0 aliphatic heterocycles. The highest BCUT2D eigenvalue weighted by Gasteiger charge is 2.14. The summed E-state index contributed by atoms with van der Waals surface area (Å²) in [5.74, 6) is 0. The fourth-order valence-electron chi connectivity index (χ4n) is 1.38. The van der Waals surface area contributed by atoms with Crippen LogP contribution in [0.2, 0.25) is 0 Å². The van der Waals surface area contributed by atoms with Gasteiger partial charge in [0.2, 0.25) is 0 Å². The Kier molecular flexibility index (Phi) is 2.88. The highest BCUT2D eigenvalue weighted by molar-refractivity contribution is 9.10. The van der Waals surface area contributed by atoms with Gasteiger partial charge in [0.1, 0.15) is 0 Å². The molecule has 1 heterocycles. The molecule has 0 saturated carbocycles. The zero-order chi connectivity index (χ0) is 10.1. The van der Waals surface area contributed by atoms with Crippen LogP contribution in [0.1, 0.15) is 10.9 Å². The second-order valence-corrected chi connectivity index (χ2v) is 5.00. The van der Waals surface area contributed by atoms with E-state index < -0.39 is 0 Å². The predicted octanol–water partition coefficient (Wildman–Crippen LogP) is 2.62. The van der Waals surface area contributed by atoms with Gasteiger partial charge in [-0.3, -0.25) is 0 Å². The Morgan fingerprint density at radius 3 is 2.71 bits per heavy atom. The second-order valence-electron chi connectivity index (χ2n) is 3.12. The van der Waals surface area contributed by atoms with Crippen molar-refractivity contribution in [1.29, 1.82) is 0 Å². The molecule has 0 aliphatic carbocycles. The van der Waals surface area contributed by atoms with Crippen molar-refractivity contribution in [3.63, 3.8) is 0 Å². The van der Waals surface area contributed by atoms with Crippen molar-refractivity contribution in [3.8, 4) is 0 Å². The van der Waals surface area contributed by atoms with Crippen LogP contribution in [0.5, 0.6) is 0 Å². The van der Waals surface area contributed by atoms with Gasteiger partial charge in [0.15, 0.2) is 0 Å². The molecule has 0 fully saturated rings. The van der Waals surface area contributed by atoms with E-state index in [1.807, 2.05) is 12.1 Å². The van der Waals surface area contributed by atoms with Crippen LogP contribution in [0.25, 0.3) is 10.1 Å². The third kappa shape index (κ3) is 1.59. The molecule has 1 aromatic heterocycles. The summed E-state index contributed by atoms with van der Waals surface area (Å²) in [7, 11) is 0. The van der Waals surface area contributed by atoms with Gasteiger partial charge in [0.25, 0.3) is 0 Å². The van der Waals surface area contributed by atoms with Crippen LogP contribution in [0.4, 0.5) is 0 Å². The van der Waals surface area contributed by atoms with E-state index in [1.54, 1.807) is 11.3 Å². The number of rotatable bonds is 2. The van der Waals surface area contributed by atoms with Gasteiger partial charge in [-0.25, -0.2) is 0 Å². The Bertz CT molecular complexity index is 452. The van der Waals surface area contributed by atoms with Crippen LogP contribution in [0.15, 0.2) is 28.7 Å². The number of nitrogens with two attached hydrogens (primary N) is 2. The summed E-state index contributed by atoms with van der Waals surface area (Å²) < 4.78 is 2.34. The van der Waals surface area contributed by atoms with E-state index >= 15 is 0 Å². The van der Waals surface area contributed by atoms with E-state index in [-0.39, 0.29) is 6.04 Å². The summed E-state index contributed by atoms with van der Waals surface area (Å²) in [6.07, 6.45) is 0. The number of fused-ring (bicyclic) bond motifs is 1. The maximum atomic E-state index is 5.91. The molecule has 0 bridgehead atoms. The van der Waals surface area contributed by atoms with Gasteiger partial charge in [0, 0.05) is 26.0 Å². The summed E-state index contributed by atoms with van der Waals surface area (Å²) in [6, 6.07) is 8.17. The first-order chi connectivity index (χ1) is 6.74. The molecule has 4 heteroatoms. The molecule has 4 N–H and O–H groups in total.